The van der Waals surface area contributed by atoms with E-state index in [9.17, 15) is 9.59 Å². The molecule has 0 aliphatic heterocycles. The van der Waals surface area contributed by atoms with Gasteiger partial charge in [-0.1, -0.05) is 12.8 Å². The van der Waals surface area contributed by atoms with E-state index in [0.717, 1.165) is 31.9 Å². The lowest BCUT2D eigenvalue weighted by atomic mass is 10.1. The number of amides is 1. The number of ketones is 1. The minimum atomic E-state index is -0.355. The van der Waals surface area contributed by atoms with Gasteiger partial charge in [-0.2, -0.15) is 0 Å². The molecule has 0 aromatic heterocycles. The largest absolute Gasteiger partial charge is 0.348 e. The van der Waals surface area contributed by atoms with Crippen LogP contribution in [0.2, 0.25) is 0 Å². The second-order valence-electron chi connectivity index (χ2n) is 3.31. The minimum Gasteiger partial charge on any atom is -0.348 e. The van der Waals surface area contributed by atoms with Crippen LogP contribution in [-0.2, 0) is 9.59 Å². The predicted molar refractivity (Wildman–Crippen MR) is 48.8 cm³/mol. The fraction of sp³-hybridized carbons (Fsp3) is 0.667. The number of hydrogen-bond donors (Lipinski definition) is 2. The van der Waals surface area contributed by atoms with E-state index in [0.29, 0.717) is 0 Å². The molecule has 2 N–H and O–H groups in total. The topological polar surface area (TPSA) is 70.0 Å². The van der Waals surface area contributed by atoms with Crippen LogP contribution >= 0.6 is 0 Å². The van der Waals surface area contributed by atoms with Gasteiger partial charge in [0.2, 0.25) is 5.91 Å². The Hall–Kier alpha value is -1.19. The zero-order valence-corrected chi connectivity index (χ0v) is 7.51. The number of rotatable bonds is 4. The smallest absolute Gasteiger partial charge is 0.223 e. The summed E-state index contributed by atoms with van der Waals surface area (Å²) < 4.78 is 0. The summed E-state index contributed by atoms with van der Waals surface area (Å²) in [6.45, 7) is -0.0289. The lowest BCUT2D eigenvalue weighted by Crippen LogP contribution is -2.33. The Balaban J connectivity index is 2.24. The van der Waals surface area contributed by atoms with E-state index in [2.05, 4.69) is 5.32 Å². The molecule has 0 aromatic rings. The average molecular weight is 182 g/mol. The second-order valence-corrected chi connectivity index (χ2v) is 3.31. The van der Waals surface area contributed by atoms with Gasteiger partial charge in [0.15, 0.2) is 5.78 Å². The minimum absolute atomic E-state index is 0.0289. The summed E-state index contributed by atoms with van der Waals surface area (Å²) >= 11 is 0. The highest BCUT2D eigenvalue weighted by atomic mass is 16.2. The average Bonchev–Trinajstić information content (AvgIpc) is 2.66. The standard InChI is InChI=1S/C9H14N2O2/c10-5-8(12)6-11-9(13)7-3-1-2-4-7/h5,7,10H,1-4,6H2,(H,11,13). The molecule has 1 rings (SSSR count). The van der Waals surface area contributed by atoms with Crippen molar-refractivity contribution in [2.24, 2.45) is 5.92 Å². The Kier molecular flexibility index (Phi) is 3.61. The molecule has 1 aliphatic carbocycles. The first kappa shape index (κ1) is 9.89. The van der Waals surface area contributed by atoms with Gasteiger partial charge in [-0.25, -0.2) is 0 Å². The van der Waals surface area contributed by atoms with Crippen molar-refractivity contribution in [2.75, 3.05) is 6.54 Å². The Labute approximate surface area is 77.2 Å². The van der Waals surface area contributed by atoms with Crippen LogP contribution in [0.15, 0.2) is 0 Å². The van der Waals surface area contributed by atoms with E-state index < -0.39 is 0 Å². The van der Waals surface area contributed by atoms with Crippen molar-refractivity contribution >= 4 is 17.9 Å². The van der Waals surface area contributed by atoms with Crippen molar-refractivity contribution < 1.29 is 9.59 Å². The van der Waals surface area contributed by atoms with Gasteiger partial charge in [-0.15, -0.1) is 0 Å². The molecule has 13 heavy (non-hydrogen) atoms. The van der Waals surface area contributed by atoms with E-state index in [1.165, 1.54) is 0 Å². The third-order valence-corrected chi connectivity index (χ3v) is 2.32. The molecule has 0 unspecified atom stereocenters. The Morgan fingerprint density at radius 3 is 2.54 bits per heavy atom. The molecular weight excluding hydrogens is 168 g/mol. The highest BCUT2D eigenvalue weighted by molar-refractivity contribution is 6.27. The van der Waals surface area contributed by atoms with Crippen LogP contribution in [0.25, 0.3) is 0 Å². The first-order valence-corrected chi connectivity index (χ1v) is 4.55. The monoisotopic (exact) mass is 182 g/mol. The van der Waals surface area contributed by atoms with Crippen molar-refractivity contribution in [3.63, 3.8) is 0 Å². The highest BCUT2D eigenvalue weighted by Gasteiger charge is 2.22. The molecule has 0 bridgehead atoms. The number of carbonyl (C=O) groups excluding carboxylic acids is 2. The number of hydrogen-bond acceptors (Lipinski definition) is 3. The molecule has 0 heterocycles. The van der Waals surface area contributed by atoms with E-state index in [-0.39, 0.29) is 24.2 Å². The zero-order valence-electron chi connectivity index (χ0n) is 7.51. The van der Waals surface area contributed by atoms with E-state index >= 15 is 0 Å². The van der Waals surface area contributed by atoms with Crippen LogP contribution in [0.4, 0.5) is 0 Å². The molecule has 1 amide bonds. The molecule has 1 aliphatic rings. The van der Waals surface area contributed by atoms with Crippen molar-refractivity contribution in [3.05, 3.63) is 0 Å². The quantitative estimate of drug-likeness (QED) is 0.622. The zero-order chi connectivity index (χ0) is 9.68. The lowest BCUT2D eigenvalue weighted by Gasteiger charge is -2.07. The highest BCUT2D eigenvalue weighted by Crippen LogP contribution is 2.24. The first-order chi connectivity index (χ1) is 6.24. The van der Waals surface area contributed by atoms with Crippen LogP contribution in [0.3, 0.4) is 0 Å². The number of nitrogens with one attached hydrogen (secondary N) is 2. The molecule has 0 atom stereocenters. The summed E-state index contributed by atoms with van der Waals surface area (Å²) in [7, 11) is 0. The molecule has 1 saturated carbocycles. The summed E-state index contributed by atoms with van der Waals surface area (Å²) in [6.07, 6.45) is 4.82. The van der Waals surface area contributed by atoms with Crippen LogP contribution in [0.5, 0.6) is 0 Å². The normalized spacial score (nSPS) is 16.9. The second kappa shape index (κ2) is 4.74. The van der Waals surface area contributed by atoms with Gasteiger partial charge in [-0.05, 0) is 12.8 Å². The molecule has 0 saturated heterocycles. The maximum atomic E-state index is 11.3. The van der Waals surface area contributed by atoms with Crippen LogP contribution in [-0.4, -0.2) is 24.4 Å². The Morgan fingerprint density at radius 2 is 2.00 bits per heavy atom. The van der Waals surface area contributed by atoms with Crippen LogP contribution < -0.4 is 5.32 Å². The van der Waals surface area contributed by atoms with Crippen molar-refractivity contribution in [2.45, 2.75) is 25.7 Å². The first-order valence-electron chi connectivity index (χ1n) is 4.55. The van der Waals surface area contributed by atoms with Gasteiger partial charge in [-0.3, -0.25) is 9.59 Å². The third-order valence-electron chi connectivity index (χ3n) is 2.32. The van der Waals surface area contributed by atoms with E-state index in [1.54, 1.807) is 0 Å². The molecule has 72 valence electrons. The van der Waals surface area contributed by atoms with E-state index in [4.69, 9.17) is 5.41 Å². The van der Waals surface area contributed by atoms with E-state index in [1.807, 2.05) is 0 Å². The van der Waals surface area contributed by atoms with Crippen molar-refractivity contribution in [1.82, 2.24) is 5.32 Å². The maximum absolute atomic E-state index is 11.3. The number of carbonyl (C=O) groups is 2. The maximum Gasteiger partial charge on any atom is 0.223 e. The fourth-order valence-corrected chi connectivity index (χ4v) is 1.56. The lowest BCUT2D eigenvalue weighted by molar-refractivity contribution is -0.126. The van der Waals surface area contributed by atoms with Gasteiger partial charge in [0.1, 0.15) is 0 Å². The van der Waals surface area contributed by atoms with Crippen LogP contribution in [0.1, 0.15) is 25.7 Å². The molecule has 0 radical (unpaired) electrons. The summed E-state index contributed by atoms with van der Waals surface area (Å²) in [5.74, 6) is -0.294. The summed E-state index contributed by atoms with van der Waals surface area (Å²) in [4.78, 5) is 22.0. The molecule has 4 nitrogen and oxygen atoms in total. The molecule has 1 fully saturated rings. The molecule has 0 aromatic carbocycles. The third kappa shape index (κ3) is 2.97. The van der Waals surface area contributed by atoms with Gasteiger partial charge in [0.05, 0.1) is 12.8 Å². The fourth-order valence-electron chi connectivity index (χ4n) is 1.56. The predicted octanol–water partition coefficient (Wildman–Crippen LogP) is 0.511. The SMILES string of the molecule is N=CC(=O)CNC(=O)C1CCCC1. The van der Waals surface area contributed by atoms with Gasteiger partial charge < -0.3 is 10.7 Å². The summed E-state index contributed by atoms with van der Waals surface area (Å²) in [5, 5.41) is 9.17. The summed E-state index contributed by atoms with van der Waals surface area (Å²) in [6, 6.07) is 0. The van der Waals surface area contributed by atoms with Crippen molar-refractivity contribution in [3.8, 4) is 0 Å². The van der Waals surface area contributed by atoms with Crippen LogP contribution in [0, 0.1) is 11.3 Å². The Bertz CT molecular complexity index is 220. The number of Topliss-reactive ketones (excluding diaryl/α,β-unsaturated/α-hetero) is 1. The van der Waals surface area contributed by atoms with Gasteiger partial charge in [0.25, 0.3) is 0 Å². The molecule has 4 heteroatoms. The van der Waals surface area contributed by atoms with Gasteiger partial charge in [0, 0.05) is 5.92 Å². The van der Waals surface area contributed by atoms with Gasteiger partial charge >= 0.3 is 0 Å². The molecular formula is C9H14N2O2. The summed E-state index contributed by atoms with van der Waals surface area (Å²) in [5.41, 5.74) is 0. The Morgan fingerprint density at radius 1 is 1.38 bits per heavy atom. The molecule has 0 spiro atoms. The van der Waals surface area contributed by atoms with Crippen molar-refractivity contribution in [1.29, 1.82) is 5.41 Å².